The van der Waals surface area contributed by atoms with E-state index in [1.165, 1.54) is 44.9 Å². The Hall–Kier alpha value is 3.38. The molecule has 0 aliphatic heterocycles. The molecule has 7 heteroatoms. The summed E-state index contributed by atoms with van der Waals surface area (Å²) < 4.78 is 14.3. The van der Waals surface area contributed by atoms with Crippen LogP contribution in [0.15, 0.2) is 0 Å². The molecule has 0 aromatic heterocycles. The van der Waals surface area contributed by atoms with Gasteiger partial charge in [0.2, 0.25) is 0 Å². The van der Waals surface area contributed by atoms with Crippen LogP contribution in [0.3, 0.4) is 0 Å². The topological polar surface area (TPSA) is 72.4 Å². The normalized spacial score (nSPS) is 10.7. The van der Waals surface area contributed by atoms with Crippen LogP contribution in [0.5, 0.6) is 0 Å². The summed E-state index contributed by atoms with van der Waals surface area (Å²) in [5, 5.41) is 0. The Morgan fingerprint density at radius 2 is 1.16 bits per heavy atom. The quantitative estimate of drug-likeness (QED) is 0.212. The molecule has 0 unspecified atom stereocenters. The molecule has 19 heavy (non-hydrogen) atoms. The van der Waals surface area contributed by atoms with Crippen LogP contribution in [0.2, 0.25) is 0 Å². The van der Waals surface area contributed by atoms with E-state index in [2.05, 4.69) is 11.4 Å². The predicted molar refractivity (Wildman–Crippen MR) is 65.4 cm³/mol. The van der Waals surface area contributed by atoms with Crippen molar-refractivity contribution < 1.29 is 122 Å². The maximum Gasteiger partial charge on any atom is 1.00 e. The number of phosphoric ester groups is 1. The summed E-state index contributed by atoms with van der Waals surface area (Å²) in [6.45, 7) is 2.26. The molecule has 0 aliphatic rings. The first-order valence-corrected chi connectivity index (χ1v) is 8.19. The van der Waals surface area contributed by atoms with E-state index in [0.29, 0.717) is 6.42 Å². The van der Waals surface area contributed by atoms with E-state index < -0.39 is 7.82 Å². The minimum absolute atomic E-state index is 0. The molecule has 0 radical (unpaired) electrons. The van der Waals surface area contributed by atoms with E-state index in [9.17, 15) is 14.4 Å². The molecular formula is C12H25K2O4P. The second-order valence-electron chi connectivity index (χ2n) is 4.46. The maximum absolute atomic E-state index is 10.1. The van der Waals surface area contributed by atoms with Crippen molar-refractivity contribution in [2.24, 2.45) is 0 Å². The van der Waals surface area contributed by atoms with Gasteiger partial charge in [-0.15, -0.1) is 0 Å². The van der Waals surface area contributed by atoms with Crippen molar-refractivity contribution in [3.8, 4) is 0 Å². The number of unbranched alkanes of at least 4 members (excludes halogenated alkanes) is 9. The monoisotopic (exact) mass is 342 g/mol. The van der Waals surface area contributed by atoms with E-state index in [4.69, 9.17) is 0 Å². The summed E-state index contributed by atoms with van der Waals surface area (Å²) >= 11 is 0. The molecule has 0 atom stereocenters. The average Bonchev–Trinajstić information content (AvgIpc) is 2.24. The third-order valence-corrected chi connectivity index (χ3v) is 3.25. The Balaban J connectivity index is -0.00000128. The zero-order valence-corrected chi connectivity index (χ0v) is 20.0. The van der Waals surface area contributed by atoms with E-state index in [0.717, 1.165) is 12.8 Å². The van der Waals surface area contributed by atoms with Crippen molar-refractivity contribution in [3.63, 3.8) is 0 Å². The third kappa shape index (κ3) is 26.6. The second-order valence-corrected chi connectivity index (χ2v) is 5.62. The number of rotatable bonds is 12. The largest absolute Gasteiger partial charge is 1.00 e. The summed E-state index contributed by atoms with van der Waals surface area (Å²) in [7, 11) is -4.74. The molecule has 0 heterocycles. The SMILES string of the molecule is CCCCCCCCCCCCOP(=O)([O-])[O-].[K+].[K+]. The zero-order valence-electron chi connectivity index (χ0n) is 12.9. The van der Waals surface area contributed by atoms with Crippen LogP contribution in [0.4, 0.5) is 0 Å². The van der Waals surface area contributed by atoms with Crippen molar-refractivity contribution in [3.05, 3.63) is 0 Å². The Labute approximate surface area is 203 Å². The first-order chi connectivity index (χ1) is 8.06. The molecule has 0 amide bonds. The van der Waals surface area contributed by atoms with Gasteiger partial charge in [0.25, 0.3) is 0 Å². The molecule has 4 nitrogen and oxygen atoms in total. The van der Waals surface area contributed by atoms with E-state index in [-0.39, 0.29) is 109 Å². The van der Waals surface area contributed by atoms with Gasteiger partial charge in [-0.1, -0.05) is 64.7 Å². The van der Waals surface area contributed by atoms with Crippen molar-refractivity contribution in [1.82, 2.24) is 0 Å². The second kappa shape index (κ2) is 19.4. The van der Waals surface area contributed by atoms with Crippen molar-refractivity contribution in [2.75, 3.05) is 6.61 Å². The summed E-state index contributed by atoms with van der Waals surface area (Å²) in [4.78, 5) is 20.3. The van der Waals surface area contributed by atoms with Gasteiger partial charge in [-0.2, -0.15) is 0 Å². The van der Waals surface area contributed by atoms with Gasteiger partial charge in [-0.3, -0.25) is 0 Å². The third-order valence-electron chi connectivity index (χ3n) is 2.75. The van der Waals surface area contributed by atoms with Crippen LogP contribution in [-0.4, -0.2) is 6.61 Å². The van der Waals surface area contributed by atoms with Crippen molar-refractivity contribution in [1.29, 1.82) is 0 Å². The molecule has 0 aromatic carbocycles. The predicted octanol–water partition coefficient (Wildman–Crippen LogP) is -3.24. The van der Waals surface area contributed by atoms with Crippen LogP contribution in [0.25, 0.3) is 0 Å². The van der Waals surface area contributed by atoms with Crippen molar-refractivity contribution >= 4 is 7.82 Å². The van der Waals surface area contributed by atoms with Gasteiger partial charge in [0, 0.05) is 0 Å². The molecule has 0 saturated carbocycles. The molecule has 0 aromatic rings. The molecule has 0 rings (SSSR count). The van der Waals surface area contributed by atoms with Gasteiger partial charge in [0.15, 0.2) is 0 Å². The molecule has 104 valence electrons. The molecule has 0 fully saturated rings. The van der Waals surface area contributed by atoms with E-state index >= 15 is 0 Å². The van der Waals surface area contributed by atoms with Crippen molar-refractivity contribution in [2.45, 2.75) is 71.1 Å². The smallest absolute Gasteiger partial charge is 0.790 e. The molecule has 0 bridgehead atoms. The summed E-state index contributed by atoms with van der Waals surface area (Å²) in [5.74, 6) is 0. The molecule has 0 saturated heterocycles. The van der Waals surface area contributed by atoms with Crippen LogP contribution in [0.1, 0.15) is 71.1 Å². The average molecular weight is 342 g/mol. The standard InChI is InChI=1S/C12H27O4P.2K/c1-2-3-4-5-6-7-8-9-10-11-12-16-17(13,14)15;;/h2-12H2,1H3,(H2,13,14,15);;/q;2*+1/p-2. The zero-order chi connectivity index (χ0) is 13.0. The minimum Gasteiger partial charge on any atom is -0.790 e. The summed E-state index contributed by atoms with van der Waals surface area (Å²) in [5.41, 5.74) is 0. The van der Waals surface area contributed by atoms with Crippen LogP contribution < -0.4 is 113 Å². The summed E-state index contributed by atoms with van der Waals surface area (Å²) in [6.07, 6.45) is 11.7. The molecular weight excluding hydrogens is 317 g/mol. The maximum atomic E-state index is 10.1. The van der Waals surface area contributed by atoms with Crippen LogP contribution in [-0.2, 0) is 9.09 Å². The van der Waals surface area contributed by atoms with Gasteiger partial charge < -0.3 is 18.9 Å². The number of phosphoric acid groups is 1. The molecule has 0 aliphatic carbocycles. The first kappa shape index (κ1) is 27.2. The van der Waals surface area contributed by atoms with Gasteiger partial charge in [0.1, 0.15) is 0 Å². The van der Waals surface area contributed by atoms with Gasteiger partial charge in [-0.25, -0.2) is 0 Å². The fraction of sp³-hybridized carbons (Fsp3) is 1.00. The molecule has 0 spiro atoms. The fourth-order valence-electron chi connectivity index (χ4n) is 1.77. The summed E-state index contributed by atoms with van der Waals surface area (Å²) in [6, 6.07) is 0. The number of hydrogen-bond acceptors (Lipinski definition) is 4. The fourth-order valence-corrected chi connectivity index (χ4v) is 2.12. The Kier molecular flexibility index (Phi) is 27.9. The van der Waals surface area contributed by atoms with E-state index in [1.807, 2.05) is 0 Å². The van der Waals surface area contributed by atoms with Gasteiger partial charge in [-0.05, 0) is 6.42 Å². The van der Waals surface area contributed by atoms with Crippen LogP contribution >= 0.6 is 7.82 Å². The Morgan fingerprint density at radius 3 is 1.53 bits per heavy atom. The molecule has 0 N–H and O–H groups in total. The van der Waals surface area contributed by atoms with Gasteiger partial charge >= 0.3 is 103 Å². The first-order valence-electron chi connectivity index (χ1n) is 6.73. The minimum atomic E-state index is -4.74. The van der Waals surface area contributed by atoms with Crippen LogP contribution in [0, 0.1) is 0 Å². The number of hydrogen-bond donors (Lipinski definition) is 0. The van der Waals surface area contributed by atoms with E-state index in [1.54, 1.807) is 0 Å². The Morgan fingerprint density at radius 1 is 0.789 bits per heavy atom. The van der Waals surface area contributed by atoms with Gasteiger partial charge in [0.05, 0.1) is 14.4 Å². The Bertz CT molecular complexity index is 212.